The number of aromatic amines is 1. The molecule has 0 unspecified atom stereocenters. The van der Waals surface area contributed by atoms with Gasteiger partial charge in [0.2, 0.25) is 10.0 Å². The molecule has 0 aromatic carbocycles. The van der Waals surface area contributed by atoms with Crippen molar-refractivity contribution < 1.29 is 13.2 Å². The van der Waals surface area contributed by atoms with Crippen LogP contribution in [-0.2, 0) is 10.0 Å². The second-order valence-corrected chi connectivity index (χ2v) is 5.75. The number of aromatic nitrogens is 2. The largest absolute Gasteiger partial charge is 0.351 e. The van der Waals surface area contributed by atoms with Gasteiger partial charge in [0, 0.05) is 26.3 Å². The zero-order valence-corrected chi connectivity index (χ0v) is 10.6. The van der Waals surface area contributed by atoms with Gasteiger partial charge in [0.15, 0.2) is 0 Å². The highest BCUT2D eigenvalue weighted by molar-refractivity contribution is 7.88. The van der Waals surface area contributed by atoms with E-state index >= 15 is 0 Å². The molecule has 8 heteroatoms. The highest BCUT2D eigenvalue weighted by atomic mass is 32.2. The molecule has 1 amide bonds. The fourth-order valence-corrected chi connectivity index (χ4v) is 1.61. The Bertz CT molecular complexity index is 455. The quantitative estimate of drug-likeness (QED) is 0.669. The molecule has 0 radical (unpaired) electrons. The lowest BCUT2D eigenvalue weighted by Crippen LogP contribution is -2.31. The van der Waals surface area contributed by atoms with Crippen molar-refractivity contribution in [2.24, 2.45) is 0 Å². The molecule has 0 spiro atoms. The third kappa shape index (κ3) is 4.53. The van der Waals surface area contributed by atoms with E-state index in [0.29, 0.717) is 25.2 Å². The number of hydrogen-bond donors (Lipinski definition) is 2. The van der Waals surface area contributed by atoms with Crippen LogP contribution in [0.4, 0.5) is 0 Å². The van der Waals surface area contributed by atoms with Gasteiger partial charge >= 0.3 is 0 Å². The summed E-state index contributed by atoms with van der Waals surface area (Å²) in [5.74, 6) is -0.246. The summed E-state index contributed by atoms with van der Waals surface area (Å²) in [4.78, 5) is 11.4. The molecule has 17 heavy (non-hydrogen) atoms. The van der Waals surface area contributed by atoms with Crippen molar-refractivity contribution in [2.75, 3.05) is 26.4 Å². The van der Waals surface area contributed by atoms with Gasteiger partial charge in [-0.25, -0.2) is 12.7 Å². The van der Waals surface area contributed by atoms with E-state index < -0.39 is 10.0 Å². The van der Waals surface area contributed by atoms with Crippen LogP contribution in [0, 0.1) is 0 Å². The van der Waals surface area contributed by atoms with Crippen LogP contribution >= 0.6 is 0 Å². The Morgan fingerprint density at radius 2 is 2.29 bits per heavy atom. The molecule has 0 fully saturated rings. The molecule has 96 valence electrons. The summed E-state index contributed by atoms with van der Waals surface area (Å²) in [6.07, 6.45) is 3.20. The number of carbonyl (C=O) groups is 1. The van der Waals surface area contributed by atoms with Crippen LogP contribution in [0.3, 0.4) is 0 Å². The minimum absolute atomic E-state index is 0.246. The lowest BCUT2D eigenvalue weighted by Gasteiger charge is -2.13. The third-order valence-corrected chi connectivity index (χ3v) is 3.56. The normalized spacial score (nSPS) is 11.7. The summed E-state index contributed by atoms with van der Waals surface area (Å²) in [5.41, 5.74) is 0.390. The van der Waals surface area contributed by atoms with Crippen molar-refractivity contribution in [3.05, 3.63) is 18.0 Å². The van der Waals surface area contributed by atoms with Gasteiger partial charge in [0.25, 0.3) is 5.91 Å². The molecule has 7 nitrogen and oxygen atoms in total. The summed E-state index contributed by atoms with van der Waals surface area (Å²) in [6, 6.07) is 1.57. The lowest BCUT2D eigenvalue weighted by molar-refractivity contribution is 0.0948. The first-order chi connectivity index (χ1) is 7.91. The molecular formula is C9H16N4O3S. The molecule has 0 aliphatic carbocycles. The van der Waals surface area contributed by atoms with Crippen LogP contribution in [0.25, 0.3) is 0 Å². The first-order valence-corrected chi connectivity index (χ1v) is 6.95. The second-order valence-electron chi connectivity index (χ2n) is 3.66. The van der Waals surface area contributed by atoms with Crippen molar-refractivity contribution in [1.82, 2.24) is 19.8 Å². The number of carbonyl (C=O) groups excluding carboxylic acids is 1. The van der Waals surface area contributed by atoms with E-state index in [1.165, 1.54) is 17.5 Å². The van der Waals surface area contributed by atoms with Gasteiger partial charge in [-0.3, -0.25) is 9.89 Å². The van der Waals surface area contributed by atoms with E-state index in [1.807, 2.05) is 0 Å². The summed E-state index contributed by atoms with van der Waals surface area (Å²) < 4.78 is 23.4. The average molecular weight is 260 g/mol. The summed E-state index contributed by atoms with van der Waals surface area (Å²) in [5, 5.41) is 8.86. The van der Waals surface area contributed by atoms with Gasteiger partial charge < -0.3 is 5.32 Å². The van der Waals surface area contributed by atoms with E-state index in [9.17, 15) is 13.2 Å². The average Bonchev–Trinajstić information content (AvgIpc) is 2.75. The van der Waals surface area contributed by atoms with Crippen LogP contribution in [0.15, 0.2) is 12.3 Å². The van der Waals surface area contributed by atoms with E-state index in [-0.39, 0.29) is 5.91 Å². The molecule has 0 aliphatic heterocycles. The molecule has 1 rings (SSSR count). The topological polar surface area (TPSA) is 95.2 Å². The molecule has 0 saturated heterocycles. The van der Waals surface area contributed by atoms with Gasteiger partial charge in [0.1, 0.15) is 5.69 Å². The number of rotatable bonds is 6. The maximum atomic E-state index is 11.4. The minimum Gasteiger partial charge on any atom is -0.351 e. The molecule has 0 saturated carbocycles. The van der Waals surface area contributed by atoms with Crippen LogP contribution in [-0.4, -0.2) is 55.2 Å². The third-order valence-electron chi connectivity index (χ3n) is 2.25. The molecule has 0 bridgehead atoms. The predicted molar refractivity (Wildman–Crippen MR) is 63.0 cm³/mol. The van der Waals surface area contributed by atoms with Crippen molar-refractivity contribution in [3.63, 3.8) is 0 Å². The number of H-pyrrole nitrogens is 1. The van der Waals surface area contributed by atoms with Gasteiger partial charge in [-0.1, -0.05) is 0 Å². The van der Waals surface area contributed by atoms with Crippen LogP contribution in [0.5, 0.6) is 0 Å². The smallest absolute Gasteiger partial charge is 0.269 e. The van der Waals surface area contributed by atoms with Crippen molar-refractivity contribution in [2.45, 2.75) is 6.42 Å². The molecule has 0 atom stereocenters. The maximum Gasteiger partial charge on any atom is 0.269 e. The number of nitrogens with one attached hydrogen (secondary N) is 2. The highest BCUT2D eigenvalue weighted by Crippen LogP contribution is 1.95. The Kier molecular flexibility index (Phi) is 4.64. The van der Waals surface area contributed by atoms with Crippen molar-refractivity contribution in [1.29, 1.82) is 0 Å². The standard InChI is InChI=1S/C9H16N4O3S/c1-13(17(2,15)16)7-3-5-10-9(14)8-4-6-11-12-8/h4,6H,3,5,7H2,1-2H3,(H,10,14)(H,11,12). The Hall–Kier alpha value is -1.41. The molecule has 0 aliphatic rings. The van der Waals surface area contributed by atoms with Gasteiger partial charge in [0.05, 0.1) is 6.26 Å². The minimum atomic E-state index is -3.14. The zero-order chi connectivity index (χ0) is 12.9. The molecular weight excluding hydrogens is 244 g/mol. The molecule has 2 N–H and O–H groups in total. The number of hydrogen-bond acceptors (Lipinski definition) is 4. The van der Waals surface area contributed by atoms with Gasteiger partial charge in [-0.15, -0.1) is 0 Å². The zero-order valence-electron chi connectivity index (χ0n) is 9.80. The monoisotopic (exact) mass is 260 g/mol. The van der Waals surface area contributed by atoms with Gasteiger partial charge in [-0.2, -0.15) is 5.10 Å². The van der Waals surface area contributed by atoms with Crippen LogP contribution < -0.4 is 5.32 Å². The van der Waals surface area contributed by atoms with Crippen LogP contribution in [0.1, 0.15) is 16.9 Å². The fraction of sp³-hybridized carbons (Fsp3) is 0.556. The fourth-order valence-electron chi connectivity index (χ4n) is 1.15. The van der Waals surface area contributed by atoms with E-state index in [2.05, 4.69) is 15.5 Å². The summed E-state index contributed by atoms with van der Waals surface area (Å²) in [6.45, 7) is 0.791. The number of sulfonamides is 1. The molecule has 1 aromatic rings. The second kappa shape index (κ2) is 5.78. The first kappa shape index (κ1) is 13.7. The first-order valence-electron chi connectivity index (χ1n) is 5.10. The van der Waals surface area contributed by atoms with Gasteiger partial charge in [-0.05, 0) is 12.5 Å². The van der Waals surface area contributed by atoms with Crippen molar-refractivity contribution in [3.8, 4) is 0 Å². The summed E-state index contributed by atoms with van der Waals surface area (Å²) in [7, 11) is -1.64. The molecule has 1 heterocycles. The predicted octanol–water partition coefficient (Wildman–Crippen LogP) is -0.579. The van der Waals surface area contributed by atoms with Crippen LogP contribution in [0.2, 0.25) is 0 Å². The SMILES string of the molecule is CN(CCCNC(=O)c1ccn[nH]1)S(C)(=O)=O. The highest BCUT2D eigenvalue weighted by Gasteiger charge is 2.10. The Labute approximate surface area is 100 Å². The van der Waals surface area contributed by atoms with E-state index in [4.69, 9.17) is 0 Å². The Morgan fingerprint density at radius 3 is 2.82 bits per heavy atom. The summed E-state index contributed by atoms with van der Waals surface area (Å²) >= 11 is 0. The van der Waals surface area contributed by atoms with E-state index in [1.54, 1.807) is 6.07 Å². The molecule has 1 aromatic heterocycles. The van der Waals surface area contributed by atoms with Crippen molar-refractivity contribution >= 4 is 15.9 Å². The lowest BCUT2D eigenvalue weighted by atomic mass is 10.3. The Balaban J connectivity index is 2.23. The Morgan fingerprint density at radius 1 is 1.59 bits per heavy atom. The van der Waals surface area contributed by atoms with E-state index in [0.717, 1.165) is 6.26 Å². The number of nitrogens with zero attached hydrogens (tertiary/aromatic N) is 2. The maximum absolute atomic E-state index is 11.4. The number of amides is 1.